The predicted octanol–water partition coefficient (Wildman–Crippen LogP) is 2.97. The van der Waals surface area contributed by atoms with Crippen molar-refractivity contribution in [2.45, 2.75) is 6.18 Å². The molecule has 0 saturated heterocycles. The van der Waals surface area contributed by atoms with E-state index >= 15 is 0 Å². The van der Waals surface area contributed by atoms with E-state index in [0.29, 0.717) is 5.56 Å². The van der Waals surface area contributed by atoms with Crippen molar-refractivity contribution in [3.63, 3.8) is 0 Å². The molecule has 0 saturated carbocycles. The summed E-state index contributed by atoms with van der Waals surface area (Å²) in [5.74, 6) is -0.399. The van der Waals surface area contributed by atoms with E-state index < -0.39 is 17.6 Å². The fraction of sp³-hybridized carbons (Fsp3) is 0.125. The van der Waals surface area contributed by atoms with Crippen LogP contribution in [0.2, 0.25) is 0 Å². The minimum Gasteiger partial charge on any atom is -0.508 e. The number of hydrazone groups is 1. The fourth-order valence-corrected chi connectivity index (χ4v) is 1.77. The maximum atomic E-state index is 12.6. The lowest BCUT2D eigenvalue weighted by Crippen LogP contribution is -2.26. The van der Waals surface area contributed by atoms with Crippen LogP contribution in [0.25, 0.3) is 0 Å². The van der Waals surface area contributed by atoms with E-state index in [1.807, 2.05) is 0 Å². The predicted molar refractivity (Wildman–Crippen MR) is 83.8 cm³/mol. The van der Waals surface area contributed by atoms with Gasteiger partial charge in [0.25, 0.3) is 5.91 Å². The van der Waals surface area contributed by atoms with E-state index in [1.54, 1.807) is 12.1 Å². The summed E-state index contributed by atoms with van der Waals surface area (Å²) >= 11 is 0. The third kappa shape index (κ3) is 5.31. The molecular weight excluding hydrogens is 323 g/mol. The number of phenols is 1. The normalized spacial score (nSPS) is 11.5. The van der Waals surface area contributed by atoms with E-state index in [9.17, 15) is 18.0 Å². The molecular formula is C16H14F3N3O2. The Balaban J connectivity index is 1.84. The molecule has 5 nitrogen and oxygen atoms in total. The summed E-state index contributed by atoms with van der Waals surface area (Å²) in [6.45, 7) is -0.228. The molecule has 24 heavy (non-hydrogen) atoms. The van der Waals surface area contributed by atoms with Gasteiger partial charge in [-0.05, 0) is 48.0 Å². The number of phenolic OH excluding ortho intramolecular Hbond substituents is 1. The Hall–Kier alpha value is -3.03. The largest absolute Gasteiger partial charge is 0.508 e. The van der Waals surface area contributed by atoms with Gasteiger partial charge in [-0.2, -0.15) is 18.3 Å². The molecule has 0 aromatic heterocycles. The zero-order valence-electron chi connectivity index (χ0n) is 12.3. The number of benzene rings is 2. The van der Waals surface area contributed by atoms with Crippen molar-refractivity contribution in [1.29, 1.82) is 0 Å². The molecule has 0 aliphatic heterocycles. The molecule has 2 aromatic rings. The fourth-order valence-electron chi connectivity index (χ4n) is 1.77. The number of hydrogen-bond donors (Lipinski definition) is 3. The highest BCUT2D eigenvalue weighted by Crippen LogP contribution is 2.30. The van der Waals surface area contributed by atoms with Crippen LogP contribution in [-0.4, -0.2) is 23.8 Å². The first-order valence-corrected chi connectivity index (χ1v) is 6.86. The maximum absolute atomic E-state index is 12.6. The van der Waals surface area contributed by atoms with Crippen LogP contribution < -0.4 is 10.7 Å². The Bertz CT molecular complexity index is 728. The number of halogens is 3. The lowest BCUT2D eigenvalue weighted by Gasteiger charge is -2.10. The number of carbonyl (C=O) groups excluding carboxylic acids is 1. The minimum atomic E-state index is -4.44. The van der Waals surface area contributed by atoms with Crippen molar-refractivity contribution in [3.8, 4) is 5.75 Å². The summed E-state index contributed by atoms with van der Waals surface area (Å²) < 4.78 is 37.7. The summed E-state index contributed by atoms with van der Waals surface area (Å²) in [6, 6.07) is 10.7. The van der Waals surface area contributed by atoms with Crippen molar-refractivity contribution in [2.24, 2.45) is 5.10 Å². The molecule has 2 aromatic carbocycles. The van der Waals surface area contributed by atoms with Crippen LogP contribution in [0.4, 0.5) is 18.9 Å². The number of carbonyl (C=O) groups is 1. The Labute approximate surface area is 135 Å². The molecule has 0 heterocycles. The SMILES string of the molecule is O=C(CNc1cccc(C(F)(F)F)c1)N/N=C\c1ccc(O)cc1. The molecule has 2 rings (SSSR count). The molecule has 0 fully saturated rings. The van der Waals surface area contributed by atoms with Gasteiger partial charge in [0.2, 0.25) is 0 Å². The molecule has 0 aliphatic rings. The number of rotatable bonds is 5. The van der Waals surface area contributed by atoms with Crippen LogP contribution >= 0.6 is 0 Å². The number of aromatic hydroxyl groups is 1. The first-order valence-electron chi connectivity index (χ1n) is 6.86. The third-order valence-electron chi connectivity index (χ3n) is 2.94. The van der Waals surface area contributed by atoms with Gasteiger partial charge in [0, 0.05) is 5.69 Å². The second-order valence-corrected chi connectivity index (χ2v) is 4.82. The second kappa shape index (κ2) is 7.49. The Morgan fingerprint density at radius 2 is 1.88 bits per heavy atom. The van der Waals surface area contributed by atoms with Crippen LogP contribution in [-0.2, 0) is 11.0 Å². The van der Waals surface area contributed by atoms with Gasteiger partial charge < -0.3 is 10.4 Å². The number of alkyl halides is 3. The lowest BCUT2D eigenvalue weighted by molar-refractivity contribution is -0.137. The molecule has 8 heteroatoms. The standard InChI is InChI=1S/C16H14F3N3O2/c17-16(18,19)12-2-1-3-13(8-12)20-10-15(24)22-21-9-11-4-6-14(23)7-5-11/h1-9,20,23H,10H2,(H,22,24)/b21-9-. The highest BCUT2D eigenvalue weighted by Gasteiger charge is 2.30. The summed E-state index contributed by atoms with van der Waals surface area (Å²) in [6.07, 6.45) is -3.06. The van der Waals surface area contributed by atoms with Gasteiger partial charge in [0.1, 0.15) is 5.75 Å². The molecule has 0 atom stereocenters. The Kier molecular flexibility index (Phi) is 5.41. The summed E-state index contributed by atoms with van der Waals surface area (Å²) in [5, 5.41) is 15.4. The minimum absolute atomic E-state index is 0.112. The quantitative estimate of drug-likeness (QED) is 0.580. The van der Waals surface area contributed by atoms with Gasteiger partial charge in [0.05, 0.1) is 18.3 Å². The van der Waals surface area contributed by atoms with Gasteiger partial charge in [0.15, 0.2) is 0 Å². The number of anilines is 1. The smallest absolute Gasteiger partial charge is 0.416 e. The number of amides is 1. The molecule has 3 N–H and O–H groups in total. The van der Waals surface area contributed by atoms with Crippen molar-refractivity contribution < 1.29 is 23.1 Å². The van der Waals surface area contributed by atoms with Crippen LogP contribution in [0.3, 0.4) is 0 Å². The van der Waals surface area contributed by atoms with Gasteiger partial charge >= 0.3 is 6.18 Å². The number of nitrogens with one attached hydrogen (secondary N) is 2. The van der Waals surface area contributed by atoms with E-state index in [-0.39, 0.29) is 18.0 Å². The molecule has 0 unspecified atom stereocenters. The van der Waals surface area contributed by atoms with E-state index in [0.717, 1.165) is 12.1 Å². The zero-order valence-corrected chi connectivity index (χ0v) is 12.3. The third-order valence-corrected chi connectivity index (χ3v) is 2.94. The summed E-state index contributed by atoms with van der Waals surface area (Å²) in [5.41, 5.74) is 2.30. The molecule has 0 radical (unpaired) electrons. The Morgan fingerprint density at radius 1 is 1.17 bits per heavy atom. The molecule has 0 bridgehead atoms. The van der Waals surface area contributed by atoms with Crippen LogP contribution in [0.5, 0.6) is 5.75 Å². The molecule has 0 spiro atoms. The van der Waals surface area contributed by atoms with E-state index in [1.165, 1.54) is 30.5 Å². The zero-order chi connectivity index (χ0) is 17.6. The lowest BCUT2D eigenvalue weighted by atomic mass is 10.2. The second-order valence-electron chi connectivity index (χ2n) is 4.82. The van der Waals surface area contributed by atoms with Gasteiger partial charge in [-0.15, -0.1) is 0 Å². The Morgan fingerprint density at radius 3 is 2.54 bits per heavy atom. The van der Waals surface area contributed by atoms with Gasteiger partial charge in [-0.25, -0.2) is 5.43 Å². The van der Waals surface area contributed by atoms with Crippen molar-refractivity contribution >= 4 is 17.8 Å². The highest BCUT2D eigenvalue weighted by atomic mass is 19.4. The van der Waals surface area contributed by atoms with Crippen LogP contribution in [0, 0.1) is 0 Å². The maximum Gasteiger partial charge on any atom is 0.416 e. The van der Waals surface area contributed by atoms with E-state index in [4.69, 9.17) is 5.11 Å². The van der Waals surface area contributed by atoms with E-state index in [2.05, 4.69) is 15.8 Å². The number of nitrogens with zero attached hydrogens (tertiary/aromatic N) is 1. The van der Waals surface area contributed by atoms with Gasteiger partial charge in [-0.3, -0.25) is 4.79 Å². The summed E-state index contributed by atoms with van der Waals surface area (Å²) in [4.78, 5) is 11.6. The van der Waals surface area contributed by atoms with Crippen LogP contribution in [0.1, 0.15) is 11.1 Å². The average molecular weight is 337 g/mol. The summed E-state index contributed by atoms with van der Waals surface area (Å²) in [7, 11) is 0. The molecule has 0 aliphatic carbocycles. The first-order chi connectivity index (χ1) is 11.3. The average Bonchev–Trinajstić information content (AvgIpc) is 2.54. The van der Waals surface area contributed by atoms with Crippen LogP contribution in [0.15, 0.2) is 53.6 Å². The molecule has 126 valence electrons. The van der Waals surface area contributed by atoms with Crippen molar-refractivity contribution in [3.05, 3.63) is 59.7 Å². The van der Waals surface area contributed by atoms with Crippen molar-refractivity contribution in [1.82, 2.24) is 5.43 Å². The monoisotopic (exact) mass is 337 g/mol. The van der Waals surface area contributed by atoms with Gasteiger partial charge in [-0.1, -0.05) is 6.07 Å². The first kappa shape index (κ1) is 17.3. The topological polar surface area (TPSA) is 73.7 Å². The van der Waals surface area contributed by atoms with Crippen molar-refractivity contribution in [2.75, 3.05) is 11.9 Å². The highest BCUT2D eigenvalue weighted by molar-refractivity contribution is 5.84. The number of hydrogen-bond acceptors (Lipinski definition) is 4. The molecule has 1 amide bonds.